The lowest BCUT2D eigenvalue weighted by Gasteiger charge is -2.42. The second-order valence-corrected chi connectivity index (χ2v) is 4.82. The molecule has 1 aliphatic carbocycles. The Morgan fingerprint density at radius 2 is 2.27 bits per heavy atom. The summed E-state index contributed by atoms with van der Waals surface area (Å²) in [5.74, 6) is 0.712. The molecule has 1 aliphatic rings. The smallest absolute Gasteiger partial charge is 0.0828 e. The first-order valence-corrected chi connectivity index (χ1v) is 5.75. The SMILES string of the molecule is CCC1CC(C#N)(c2cccc(Cl)c2)C1. The van der Waals surface area contributed by atoms with E-state index in [2.05, 4.69) is 13.0 Å². The quantitative estimate of drug-likeness (QED) is 0.740. The van der Waals surface area contributed by atoms with Crippen molar-refractivity contribution < 1.29 is 0 Å². The van der Waals surface area contributed by atoms with E-state index in [4.69, 9.17) is 11.6 Å². The fourth-order valence-electron chi connectivity index (χ4n) is 2.39. The van der Waals surface area contributed by atoms with Gasteiger partial charge in [-0.1, -0.05) is 37.1 Å². The molecule has 2 heteroatoms. The van der Waals surface area contributed by atoms with E-state index in [-0.39, 0.29) is 5.41 Å². The molecule has 1 aromatic rings. The van der Waals surface area contributed by atoms with E-state index in [1.165, 1.54) is 6.42 Å². The van der Waals surface area contributed by atoms with Crippen LogP contribution in [-0.2, 0) is 5.41 Å². The molecule has 2 rings (SSSR count). The summed E-state index contributed by atoms with van der Waals surface area (Å²) in [6.07, 6.45) is 3.14. The Kier molecular flexibility index (Phi) is 2.71. The molecule has 0 saturated heterocycles. The summed E-state index contributed by atoms with van der Waals surface area (Å²) in [5, 5.41) is 10.0. The first kappa shape index (κ1) is 10.5. The van der Waals surface area contributed by atoms with Crippen molar-refractivity contribution in [3.05, 3.63) is 34.9 Å². The Labute approximate surface area is 95.7 Å². The molecule has 78 valence electrons. The monoisotopic (exact) mass is 219 g/mol. The Bertz CT molecular complexity index is 399. The second-order valence-electron chi connectivity index (χ2n) is 4.39. The van der Waals surface area contributed by atoms with E-state index >= 15 is 0 Å². The highest BCUT2D eigenvalue weighted by atomic mass is 35.5. The Morgan fingerprint density at radius 1 is 1.53 bits per heavy atom. The van der Waals surface area contributed by atoms with Crippen LogP contribution < -0.4 is 0 Å². The highest BCUT2D eigenvalue weighted by Gasteiger charge is 2.45. The van der Waals surface area contributed by atoms with E-state index in [1.807, 2.05) is 24.3 Å². The van der Waals surface area contributed by atoms with Gasteiger partial charge < -0.3 is 0 Å². The largest absolute Gasteiger partial charge is 0.197 e. The molecule has 0 amide bonds. The van der Waals surface area contributed by atoms with Crippen molar-refractivity contribution in [3.8, 4) is 6.07 Å². The van der Waals surface area contributed by atoms with Crippen LogP contribution in [0.25, 0.3) is 0 Å². The van der Waals surface area contributed by atoms with E-state index < -0.39 is 0 Å². The predicted molar refractivity (Wildman–Crippen MR) is 61.8 cm³/mol. The summed E-state index contributed by atoms with van der Waals surface area (Å²) in [6.45, 7) is 2.18. The predicted octanol–water partition coefficient (Wildman–Crippen LogP) is 3.92. The van der Waals surface area contributed by atoms with Crippen molar-refractivity contribution in [2.75, 3.05) is 0 Å². The molecule has 15 heavy (non-hydrogen) atoms. The number of nitriles is 1. The fraction of sp³-hybridized carbons (Fsp3) is 0.462. The zero-order valence-corrected chi connectivity index (χ0v) is 9.59. The van der Waals surface area contributed by atoms with E-state index in [9.17, 15) is 5.26 Å². The van der Waals surface area contributed by atoms with E-state index in [1.54, 1.807) is 0 Å². The van der Waals surface area contributed by atoms with Crippen LogP contribution in [0, 0.1) is 17.2 Å². The maximum atomic E-state index is 9.30. The zero-order chi connectivity index (χ0) is 10.9. The van der Waals surface area contributed by atoms with Gasteiger partial charge in [0.1, 0.15) is 0 Å². The minimum absolute atomic E-state index is 0.258. The van der Waals surface area contributed by atoms with Gasteiger partial charge in [-0.15, -0.1) is 0 Å². The van der Waals surface area contributed by atoms with Gasteiger partial charge in [0.2, 0.25) is 0 Å². The molecule has 0 aromatic heterocycles. The van der Waals surface area contributed by atoms with Crippen LogP contribution in [-0.4, -0.2) is 0 Å². The van der Waals surface area contributed by atoms with Crippen molar-refractivity contribution >= 4 is 11.6 Å². The van der Waals surface area contributed by atoms with Gasteiger partial charge in [-0.3, -0.25) is 0 Å². The molecule has 1 saturated carbocycles. The molecule has 0 unspecified atom stereocenters. The van der Waals surface area contributed by atoms with Crippen molar-refractivity contribution in [2.24, 2.45) is 5.92 Å². The van der Waals surface area contributed by atoms with Crippen molar-refractivity contribution in [1.82, 2.24) is 0 Å². The maximum Gasteiger partial charge on any atom is 0.0828 e. The van der Waals surface area contributed by atoms with Gasteiger partial charge in [0.25, 0.3) is 0 Å². The summed E-state index contributed by atoms with van der Waals surface area (Å²) in [5.41, 5.74) is 0.827. The molecule has 0 heterocycles. The summed E-state index contributed by atoms with van der Waals surface area (Å²) >= 11 is 5.95. The molecule has 1 nitrogen and oxygen atoms in total. The maximum absolute atomic E-state index is 9.30. The van der Waals surface area contributed by atoms with E-state index in [0.717, 1.165) is 23.4 Å². The van der Waals surface area contributed by atoms with Gasteiger partial charge in [-0.25, -0.2) is 0 Å². The molecule has 0 N–H and O–H groups in total. The van der Waals surface area contributed by atoms with E-state index in [0.29, 0.717) is 5.92 Å². The number of benzene rings is 1. The second kappa shape index (κ2) is 3.87. The minimum Gasteiger partial charge on any atom is -0.197 e. The third kappa shape index (κ3) is 1.75. The number of halogens is 1. The highest BCUT2D eigenvalue weighted by molar-refractivity contribution is 6.30. The summed E-state index contributed by atoms with van der Waals surface area (Å²) in [6, 6.07) is 10.2. The van der Waals surface area contributed by atoms with Gasteiger partial charge in [-0.05, 0) is 36.5 Å². The molecule has 1 aromatic carbocycles. The van der Waals surface area contributed by atoms with Crippen LogP contribution in [0.3, 0.4) is 0 Å². The molecular formula is C13H14ClN. The average Bonchev–Trinajstić information content (AvgIpc) is 2.18. The van der Waals surface area contributed by atoms with Crippen LogP contribution in [0.5, 0.6) is 0 Å². The lowest BCUT2D eigenvalue weighted by molar-refractivity contribution is 0.192. The third-order valence-corrected chi connectivity index (χ3v) is 3.68. The molecule has 0 spiro atoms. The number of hydrogen-bond acceptors (Lipinski definition) is 1. The zero-order valence-electron chi connectivity index (χ0n) is 8.83. The summed E-state index contributed by atoms with van der Waals surface area (Å²) < 4.78 is 0. The molecule has 0 radical (unpaired) electrons. The molecule has 0 atom stereocenters. The first-order valence-electron chi connectivity index (χ1n) is 5.37. The van der Waals surface area contributed by atoms with Crippen LogP contribution in [0.1, 0.15) is 31.7 Å². The Morgan fingerprint density at radius 3 is 2.80 bits per heavy atom. The number of nitrogens with zero attached hydrogens (tertiary/aromatic N) is 1. The molecule has 0 bridgehead atoms. The summed E-state index contributed by atoms with van der Waals surface area (Å²) in [4.78, 5) is 0. The lowest BCUT2D eigenvalue weighted by Crippen LogP contribution is -2.39. The first-order chi connectivity index (χ1) is 7.20. The standard InChI is InChI=1S/C13H14ClN/c1-2-10-7-13(8-10,9-15)11-4-3-5-12(14)6-11/h3-6,10H,2,7-8H2,1H3. The van der Waals surface area contributed by atoms with Crippen LogP contribution in [0.15, 0.2) is 24.3 Å². The van der Waals surface area contributed by atoms with Crippen molar-refractivity contribution in [2.45, 2.75) is 31.6 Å². The fourth-order valence-corrected chi connectivity index (χ4v) is 2.58. The van der Waals surface area contributed by atoms with Crippen LogP contribution >= 0.6 is 11.6 Å². The van der Waals surface area contributed by atoms with Gasteiger partial charge in [-0.2, -0.15) is 5.26 Å². The third-order valence-electron chi connectivity index (χ3n) is 3.44. The normalized spacial score (nSPS) is 29.3. The van der Waals surface area contributed by atoms with Gasteiger partial charge in [0.05, 0.1) is 11.5 Å². The molecular weight excluding hydrogens is 206 g/mol. The van der Waals surface area contributed by atoms with Gasteiger partial charge >= 0.3 is 0 Å². The molecule has 1 fully saturated rings. The van der Waals surface area contributed by atoms with Crippen molar-refractivity contribution in [3.63, 3.8) is 0 Å². The van der Waals surface area contributed by atoms with Crippen LogP contribution in [0.2, 0.25) is 5.02 Å². The lowest BCUT2D eigenvalue weighted by atomic mass is 9.59. The number of rotatable bonds is 2. The average molecular weight is 220 g/mol. The Hall–Kier alpha value is -1.00. The number of hydrogen-bond donors (Lipinski definition) is 0. The Balaban J connectivity index is 2.26. The molecule has 0 aliphatic heterocycles. The van der Waals surface area contributed by atoms with Crippen molar-refractivity contribution in [1.29, 1.82) is 5.26 Å². The van der Waals surface area contributed by atoms with Gasteiger partial charge in [0.15, 0.2) is 0 Å². The van der Waals surface area contributed by atoms with Crippen LogP contribution in [0.4, 0.5) is 0 Å². The highest BCUT2D eigenvalue weighted by Crippen LogP contribution is 2.48. The summed E-state index contributed by atoms with van der Waals surface area (Å²) in [7, 11) is 0. The minimum atomic E-state index is -0.258. The van der Waals surface area contributed by atoms with Gasteiger partial charge in [0, 0.05) is 5.02 Å². The topological polar surface area (TPSA) is 23.8 Å².